The molecule has 2 rings (SSSR count). The highest BCUT2D eigenvalue weighted by Gasteiger charge is 2.18. The Morgan fingerprint density at radius 2 is 1.96 bits per heavy atom. The average molecular weight is 342 g/mol. The van der Waals surface area contributed by atoms with Gasteiger partial charge in [0.05, 0.1) is 5.69 Å². The van der Waals surface area contributed by atoms with E-state index in [1.54, 1.807) is 0 Å². The summed E-state index contributed by atoms with van der Waals surface area (Å²) < 4.78 is 1.88. The Morgan fingerprint density at radius 3 is 2.56 bits per heavy atom. The minimum atomic E-state index is -0.0477. The van der Waals surface area contributed by atoms with Gasteiger partial charge in [-0.15, -0.1) is 0 Å². The Balaban J connectivity index is 1.74. The zero-order chi connectivity index (χ0) is 18.4. The maximum Gasteiger partial charge on any atom is 0.223 e. The number of anilines is 1. The monoisotopic (exact) mass is 342 g/mol. The molecule has 1 atom stereocenters. The second-order valence-corrected chi connectivity index (χ2v) is 6.78. The van der Waals surface area contributed by atoms with Crippen LogP contribution < -0.4 is 10.2 Å². The van der Waals surface area contributed by atoms with Crippen molar-refractivity contribution >= 4 is 11.6 Å². The van der Waals surface area contributed by atoms with E-state index in [0.717, 1.165) is 30.8 Å². The molecule has 0 radical (unpaired) electrons. The van der Waals surface area contributed by atoms with E-state index in [2.05, 4.69) is 41.4 Å². The van der Waals surface area contributed by atoms with Crippen molar-refractivity contribution in [2.45, 2.75) is 33.6 Å². The quantitative estimate of drug-likeness (QED) is 0.751. The van der Waals surface area contributed by atoms with Gasteiger partial charge in [-0.3, -0.25) is 9.48 Å². The van der Waals surface area contributed by atoms with Gasteiger partial charge in [0.1, 0.15) is 0 Å². The summed E-state index contributed by atoms with van der Waals surface area (Å²) in [5, 5.41) is 7.49. The van der Waals surface area contributed by atoms with Crippen LogP contribution in [0.15, 0.2) is 30.3 Å². The second-order valence-electron chi connectivity index (χ2n) is 6.78. The predicted molar refractivity (Wildman–Crippen MR) is 103 cm³/mol. The van der Waals surface area contributed by atoms with Crippen molar-refractivity contribution in [3.63, 3.8) is 0 Å². The van der Waals surface area contributed by atoms with Gasteiger partial charge in [-0.1, -0.05) is 25.1 Å². The van der Waals surface area contributed by atoms with E-state index in [4.69, 9.17) is 0 Å². The number of para-hydroxylation sites is 1. The lowest BCUT2D eigenvalue weighted by molar-refractivity contribution is -0.124. The van der Waals surface area contributed by atoms with E-state index in [-0.39, 0.29) is 11.8 Å². The van der Waals surface area contributed by atoms with Crippen molar-refractivity contribution in [2.75, 3.05) is 25.0 Å². The summed E-state index contributed by atoms with van der Waals surface area (Å²) in [5.74, 6) is 0.0680. The summed E-state index contributed by atoms with van der Waals surface area (Å²) in [6.45, 7) is 7.66. The molecule has 0 aliphatic heterocycles. The van der Waals surface area contributed by atoms with Crippen LogP contribution in [-0.2, 0) is 18.3 Å². The molecule has 1 N–H and O–H groups in total. The van der Waals surface area contributed by atoms with E-state index < -0.39 is 0 Å². The van der Waals surface area contributed by atoms with Gasteiger partial charge in [-0.2, -0.15) is 5.10 Å². The van der Waals surface area contributed by atoms with Gasteiger partial charge in [-0.05, 0) is 44.4 Å². The first kappa shape index (κ1) is 19.0. The van der Waals surface area contributed by atoms with Gasteiger partial charge in [-0.25, -0.2) is 0 Å². The standard InChI is InChI=1S/C20H30N4O/c1-15(14-19-16(2)22-24(5)17(19)3)20(25)21-12-9-13-23(4)18-10-7-6-8-11-18/h6-8,10-11,15H,9,12-14H2,1-5H3,(H,21,25)/t15-/m0/s1. The van der Waals surface area contributed by atoms with E-state index in [1.807, 2.05) is 43.8 Å². The molecule has 0 spiro atoms. The Bertz CT molecular complexity index is 693. The molecule has 2 aromatic rings. The highest BCUT2D eigenvalue weighted by atomic mass is 16.1. The van der Waals surface area contributed by atoms with Crippen molar-refractivity contribution in [3.05, 3.63) is 47.3 Å². The zero-order valence-corrected chi connectivity index (χ0v) is 16.0. The third-order valence-corrected chi connectivity index (χ3v) is 4.78. The van der Waals surface area contributed by atoms with Gasteiger partial charge < -0.3 is 10.2 Å². The Labute approximate surface area is 151 Å². The van der Waals surface area contributed by atoms with Crippen LogP contribution in [0.3, 0.4) is 0 Å². The maximum absolute atomic E-state index is 12.3. The molecular weight excluding hydrogens is 312 g/mol. The SMILES string of the molecule is Cc1nn(C)c(C)c1C[C@H](C)C(=O)NCCCN(C)c1ccccc1. The summed E-state index contributed by atoms with van der Waals surface area (Å²) >= 11 is 0. The number of aromatic nitrogens is 2. The van der Waals surface area contributed by atoms with Crippen molar-refractivity contribution in [1.82, 2.24) is 15.1 Å². The summed E-state index contributed by atoms with van der Waals surface area (Å²) in [7, 11) is 4.02. The molecule has 1 aromatic carbocycles. The lowest BCUT2D eigenvalue weighted by Gasteiger charge is -2.19. The summed E-state index contributed by atoms with van der Waals surface area (Å²) in [6, 6.07) is 10.3. The number of nitrogens with one attached hydrogen (secondary N) is 1. The normalized spacial score (nSPS) is 12.0. The third-order valence-electron chi connectivity index (χ3n) is 4.78. The summed E-state index contributed by atoms with van der Waals surface area (Å²) in [6.07, 6.45) is 1.66. The topological polar surface area (TPSA) is 50.2 Å². The number of nitrogens with zero attached hydrogens (tertiary/aromatic N) is 3. The first-order valence-corrected chi connectivity index (χ1v) is 8.93. The lowest BCUT2D eigenvalue weighted by atomic mass is 9.99. The van der Waals surface area contributed by atoms with Gasteiger partial charge >= 0.3 is 0 Å². The van der Waals surface area contributed by atoms with Gasteiger partial charge in [0.25, 0.3) is 0 Å². The number of amides is 1. The number of aryl methyl sites for hydroxylation is 2. The molecule has 0 saturated heterocycles. The molecule has 136 valence electrons. The fraction of sp³-hybridized carbons (Fsp3) is 0.500. The zero-order valence-electron chi connectivity index (χ0n) is 16.0. The predicted octanol–water partition coefficient (Wildman–Crippen LogP) is 2.86. The molecule has 0 saturated carbocycles. The molecular formula is C20H30N4O. The maximum atomic E-state index is 12.3. The first-order valence-electron chi connectivity index (χ1n) is 8.93. The van der Waals surface area contributed by atoms with E-state index in [1.165, 1.54) is 11.3 Å². The average Bonchev–Trinajstić information content (AvgIpc) is 2.85. The van der Waals surface area contributed by atoms with Crippen molar-refractivity contribution < 1.29 is 4.79 Å². The second kappa shape index (κ2) is 8.70. The summed E-state index contributed by atoms with van der Waals surface area (Å²) in [4.78, 5) is 14.5. The molecule has 1 amide bonds. The molecule has 0 fully saturated rings. The molecule has 0 unspecified atom stereocenters. The number of carbonyl (C=O) groups is 1. The largest absolute Gasteiger partial charge is 0.375 e. The highest BCUT2D eigenvalue weighted by Crippen LogP contribution is 2.17. The molecule has 5 nitrogen and oxygen atoms in total. The van der Waals surface area contributed by atoms with Gasteiger partial charge in [0, 0.05) is 44.5 Å². The molecule has 1 heterocycles. The van der Waals surface area contributed by atoms with Crippen LogP contribution >= 0.6 is 0 Å². The van der Waals surface area contributed by atoms with Crippen LogP contribution in [0.2, 0.25) is 0 Å². The van der Waals surface area contributed by atoms with E-state index >= 15 is 0 Å². The number of hydrogen-bond acceptors (Lipinski definition) is 3. The summed E-state index contributed by atoms with van der Waals surface area (Å²) in [5.41, 5.74) is 4.55. The smallest absolute Gasteiger partial charge is 0.223 e. The highest BCUT2D eigenvalue weighted by molar-refractivity contribution is 5.78. The number of rotatable bonds is 8. The lowest BCUT2D eigenvalue weighted by Crippen LogP contribution is -2.33. The van der Waals surface area contributed by atoms with Crippen LogP contribution in [0.25, 0.3) is 0 Å². The van der Waals surface area contributed by atoms with E-state index in [0.29, 0.717) is 6.54 Å². The van der Waals surface area contributed by atoms with Gasteiger partial charge in [0.2, 0.25) is 5.91 Å². The molecule has 0 bridgehead atoms. The van der Waals surface area contributed by atoms with E-state index in [9.17, 15) is 4.79 Å². The van der Waals surface area contributed by atoms with Crippen molar-refractivity contribution in [2.24, 2.45) is 13.0 Å². The van der Waals surface area contributed by atoms with Gasteiger partial charge in [0.15, 0.2) is 0 Å². The Hall–Kier alpha value is -2.30. The molecule has 5 heteroatoms. The fourth-order valence-electron chi connectivity index (χ4n) is 3.03. The first-order chi connectivity index (χ1) is 11.9. The molecule has 1 aromatic heterocycles. The minimum Gasteiger partial charge on any atom is -0.375 e. The molecule has 0 aliphatic rings. The third kappa shape index (κ3) is 5.08. The molecule has 0 aliphatic carbocycles. The van der Waals surface area contributed by atoms with Crippen LogP contribution in [0.1, 0.15) is 30.3 Å². The van der Waals surface area contributed by atoms with Crippen molar-refractivity contribution in [3.8, 4) is 0 Å². The van der Waals surface area contributed by atoms with Crippen LogP contribution in [0.4, 0.5) is 5.69 Å². The van der Waals surface area contributed by atoms with Crippen LogP contribution in [0, 0.1) is 19.8 Å². The minimum absolute atomic E-state index is 0.0477. The van der Waals surface area contributed by atoms with Crippen molar-refractivity contribution in [1.29, 1.82) is 0 Å². The molecule has 25 heavy (non-hydrogen) atoms. The number of carbonyl (C=O) groups excluding carboxylic acids is 1. The van der Waals surface area contributed by atoms with Crippen LogP contribution in [0.5, 0.6) is 0 Å². The Kier molecular flexibility index (Phi) is 6.62. The Morgan fingerprint density at radius 1 is 1.28 bits per heavy atom. The fourth-order valence-corrected chi connectivity index (χ4v) is 3.03. The number of benzene rings is 1. The number of hydrogen-bond donors (Lipinski definition) is 1. The van der Waals surface area contributed by atoms with Crippen LogP contribution in [-0.4, -0.2) is 35.8 Å².